The van der Waals surface area contributed by atoms with E-state index in [4.69, 9.17) is 5.73 Å². The highest BCUT2D eigenvalue weighted by Gasteiger charge is 2.16. The van der Waals surface area contributed by atoms with Crippen LogP contribution in [0.4, 0.5) is 5.13 Å². The number of nitrogen functional groups attached to an aromatic ring is 1. The second-order valence-corrected chi connectivity index (χ2v) is 6.13. The number of hydrogen-bond donors (Lipinski definition) is 2. The van der Waals surface area contributed by atoms with E-state index in [1.54, 1.807) is 0 Å². The van der Waals surface area contributed by atoms with Gasteiger partial charge in [-0.2, -0.15) is 0 Å². The van der Waals surface area contributed by atoms with E-state index in [9.17, 15) is 4.79 Å². The molecule has 0 saturated carbocycles. The lowest BCUT2D eigenvalue weighted by Gasteiger charge is -2.28. The van der Waals surface area contributed by atoms with Gasteiger partial charge in [-0.3, -0.25) is 4.79 Å². The lowest BCUT2D eigenvalue weighted by molar-refractivity contribution is -0.120. The number of hydrogen-bond acceptors (Lipinski definition) is 5. The fourth-order valence-corrected chi connectivity index (χ4v) is 2.96. The summed E-state index contributed by atoms with van der Waals surface area (Å²) in [4.78, 5) is 18.2. The smallest absolute Gasteiger partial charge is 0.226 e. The summed E-state index contributed by atoms with van der Waals surface area (Å²) in [5.41, 5.74) is 6.30. The monoisotopic (exact) mass is 282 g/mol. The molecule has 0 radical (unpaired) electrons. The van der Waals surface area contributed by atoms with E-state index in [-0.39, 0.29) is 5.91 Å². The van der Waals surface area contributed by atoms with Crippen LogP contribution >= 0.6 is 11.3 Å². The Morgan fingerprint density at radius 3 is 2.95 bits per heavy atom. The summed E-state index contributed by atoms with van der Waals surface area (Å²) >= 11 is 1.38. The molecule has 1 aromatic heterocycles. The normalized spacial score (nSPS) is 17.5. The van der Waals surface area contributed by atoms with Gasteiger partial charge < -0.3 is 16.0 Å². The molecule has 2 heterocycles. The lowest BCUT2D eigenvalue weighted by Crippen LogP contribution is -2.33. The van der Waals surface area contributed by atoms with E-state index in [1.807, 2.05) is 5.38 Å². The Bertz CT molecular complexity index is 413. The number of aromatic nitrogens is 1. The third-order valence-corrected chi connectivity index (χ3v) is 4.35. The van der Waals surface area contributed by atoms with Crippen LogP contribution < -0.4 is 11.1 Å². The van der Waals surface area contributed by atoms with Crippen molar-refractivity contribution < 1.29 is 4.79 Å². The molecule has 1 fully saturated rings. The lowest BCUT2D eigenvalue weighted by atomic mass is 9.94. The fraction of sp³-hybridized carbons (Fsp3) is 0.692. The van der Waals surface area contributed by atoms with E-state index in [0.717, 1.165) is 24.6 Å². The molecule has 19 heavy (non-hydrogen) atoms. The maximum absolute atomic E-state index is 11.7. The molecule has 1 saturated heterocycles. The molecule has 5 nitrogen and oxygen atoms in total. The van der Waals surface area contributed by atoms with Crippen molar-refractivity contribution in [3.05, 3.63) is 11.1 Å². The van der Waals surface area contributed by atoms with Crippen LogP contribution in [0.25, 0.3) is 0 Å². The van der Waals surface area contributed by atoms with Crippen molar-refractivity contribution in [3.8, 4) is 0 Å². The number of thiazole rings is 1. The molecule has 1 amide bonds. The summed E-state index contributed by atoms with van der Waals surface area (Å²) in [6.07, 6.45) is 3.91. The third kappa shape index (κ3) is 4.80. The van der Waals surface area contributed by atoms with Crippen LogP contribution in [0.2, 0.25) is 0 Å². The van der Waals surface area contributed by atoms with E-state index >= 15 is 0 Å². The number of carbonyl (C=O) groups excluding carboxylic acids is 1. The molecule has 0 unspecified atom stereocenters. The molecule has 0 spiro atoms. The zero-order valence-corrected chi connectivity index (χ0v) is 12.2. The van der Waals surface area contributed by atoms with E-state index in [0.29, 0.717) is 11.6 Å². The highest BCUT2D eigenvalue weighted by Crippen LogP contribution is 2.18. The molecule has 0 aromatic carbocycles. The van der Waals surface area contributed by atoms with E-state index < -0.39 is 0 Å². The van der Waals surface area contributed by atoms with Gasteiger partial charge in [0.15, 0.2) is 5.13 Å². The van der Waals surface area contributed by atoms with E-state index in [2.05, 4.69) is 22.2 Å². The molecule has 0 aliphatic carbocycles. The molecule has 0 atom stereocenters. The van der Waals surface area contributed by atoms with Gasteiger partial charge in [-0.25, -0.2) is 4.98 Å². The van der Waals surface area contributed by atoms with Gasteiger partial charge in [0, 0.05) is 11.9 Å². The van der Waals surface area contributed by atoms with Gasteiger partial charge in [-0.15, -0.1) is 11.3 Å². The van der Waals surface area contributed by atoms with Crippen molar-refractivity contribution in [1.82, 2.24) is 15.2 Å². The number of amides is 1. The number of likely N-dealkylation sites (tertiary alicyclic amines) is 1. The van der Waals surface area contributed by atoms with Crippen LogP contribution in [0.15, 0.2) is 5.38 Å². The Morgan fingerprint density at radius 2 is 2.32 bits per heavy atom. The Morgan fingerprint density at radius 1 is 1.58 bits per heavy atom. The molecule has 1 aliphatic rings. The topological polar surface area (TPSA) is 71.2 Å². The largest absolute Gasteiger partial charge is 0.375 e. The summed E-state index contributed by atoms with van der Waals surface area (Å²) in [5.74, 6) is 0.796. The molecular formula is C13H22N4OS. The van der Waals surface area contributed by atoms with Crippen LogP contribution in [0.3, 0.4) is 0 Å². The predicted octanol–water partition coefficient (Wildman–Crippen LogP) is 1.12. The average Bonchev–Trinajstić information content (AvgIpc) is 2.77. The number of anilines is 1. The van der Waals surface area contributed by atoms with Crippen molar-refractivity contribution in [2.75, 3.05) is 32.4 Å². The Hall–Kier alpha value is -1.14. The minimum Gasteiger partial charge on any atom is -0.375 e. The highest BCUT2D eigenvalue weighted by molar-refractivity contribution is 7.13. The maximum atomic E-state index is 11.7. The third-order valence-electron chi connectivity index (χ3n) is 3.62. The molecule has 6 heteroatoms. The zero-order chi connectivity index (χ0) is 13.7. The second kappa shape index (κ2) is 6.86. The number of nitrogens with zero attached hydrogens (tertiary/aromatic N) is 2. The van der Waals surface area contributed by atoms with Crippen molar-refractivity contribution >= 4 is 22.4 Å². The molecule has 1 aliphatic heterocycles. The van der Waals surface area contributed by atoms with Crippen LogP contribution in [0.1, 0.15) is 25.0 Å². The SMILES string of the molecule is CN1CCC(CCNC(=O)Cc2csc(N)n2)CC1. The first-order chi connectivity index (χ1) is 9.13. The Balaban J connectivity index is 1.61. The van der Waals surface area contributed by atoms with Gasteiger partial charge in [0.1, 0.15) is 0 Å². The molecule has 3 N–H and O–H groups in total. The highest BCUT2D eigenvalue weighted by atomic mass is 32.1. The maximum Gasteiger partial charge on any atom is 0.226 e. The van der Waals surface area contributed by atoms with Gasteiger partial charge in [0.25, 0.3) is 0 Å². The number of nitrogens with one attached hydrogen (secondary N) is 1. The first-order valence-electron chi connectivity index (χ1n) is 6.78. The summed E-state index contributed by atoms with van der Waals surface area (Å²) in [7, 11) is 2.16. The molecule has 1 aromatic rings. The summed E-state index contributed by atoms with van der Waals surface area (Å²) < 4.78 is 0. The summed E-state index contributed by atoms with van der Waals surface area (Å²) in [6, 6.07) is 0. The predicted molar refractivity (Wildman–Crippen MR) is 78.1 cm³/mol. The number of rotatable bonds is 5. The van der Waals surface area contributed by atoms with Crippen LogP contribution in [-0.2, 0) is 11.2 Å². The molecule has 2 rings (SSSR count). The molecule has 106 valence electrons. The van der Waals surface area contributed by atoms with Gasteiger partial charge in [0.2, 0.25) is 5.91 Å². The minimum atomic E-state index is 0.0400. The van der Waals surface area contributed by atoms with Crippen LogP contribution in [0.5, 0.6) is 0 Å². The number of carbonyl (C=O) groups is 1. The van der Waals surface area contributed by atoms with Gasteiger partial charge in [0.05, 0.1) is 12.1 Å². The quantitative estimate of drug-likeness (QED) is 0.849. The van der Waals surface area contributed by atoms with Crippen molar-refractivity contribution in [1.29, 1.82) is 0 Å². The van der Waals surface area contributed by atoms with E-state index in [1.165, 1.54) is 37.3 Å². The van der Waals surface area contributed by atoms with Gasteiger partial charge >= 0.3 is 0 Å². The standard InChI is InChI=1S/C13H22N4OS/c1-17-6-3-10(4-7-17)2-5-15-12(18)8-11-9-19-13(14)16-11/h9-10H,2-8H2,1H3,(H2,14,16)(H,15,18). The van der Waals surface area contributed by atoms with Gasteiger partial charge in [-0.05, 0) is 45.3 Å². The van der Waals surface area contributed by atoms with Crippen LogP contribution in [-0.4, -0.2) is 42.5 Å². The molecular weight excluding hydrogens is 260 g/mol. The fourth-order valence-electron chi connectivity index (χ4n) is 2.40. The summed E-state index contributed by atoms with van der Waals surface area (Å²) in [6.45, 7) is 3.13. The second-order valence-electron chi connectivity index (χ2n) is 5.24. The number of nitrogens with two attached hydrogens (primary N) is 1. The Labute approximate surface area is 118 Å². The number of piperidine rings is 1. The molecule has 0 bridgehead atoms. The van der Waals surface area contributed by atoms with Crippen molar-refractivity contribution in [2.45, 2.75) is 25.7 Å². The first kappa shape index (κ1) is 14.3. The van der Waals surface area contributed by atoms with Crippen molar-refractivity contribution in [3.63, 3.8) is 0 Å². The Kier molecular flexibility index (Phi) is 5.15. The van der Waals surface area contributed by atoms with Crippen LogP contribution in [0, 0.1) is 5.92 Å². The van der Waals surface area contributed by atoms with Crippen molar-refractivity contribution in [2.24, 2.45) is 5.92 Å². The zero-order valence-electron chi connectivity index (χ0n) is 11.4. The van der Waals surface area contributed by atoms with Gasteiger partial charge in [-0.1, -0.05) is 0 Å². The first-order valence-corrected chi connectivity index (χ1v) is 7.66. The summed E-state index contributed by atoms with van der Waals surface area (Å²) in [5, 5.41) is 5.33. The minimum absolute atomic E-state index is 0.0400. The average molecular weight is 282 g/mol.